The molecule has 1 aliphatic heterocycles. The van der Waals surface area contributed by atoms with Gasteiger partial charge in [0.2, 0.25) is 0 Å². The minimum Gasteiger partial charge on any atom is -0.465 e. The maximum absolute atomic E-state index is 10.9. The van der Waals surface area contributed by atoms with Crippen molar-refractivity contribution in [1.29, 1.82) is 0 Å². The summed E-state index contributed by atoms with van der Waals surface area (Å²) in [7, 11) is 3.67. The highest BCUT2D eigenvalue weighted by Crippen LogP contribution is 2.25. The number of thiazole rings is 1. The third-order valence-electron chi connectivity index (χ3n) is 3.93. The first-order chi connectivity index (χ1) is 9.56. The van der Waals surface area contributed by atoms with Gasteiger partial charge < -0.3 is 19.7 Å². The summed E-state index contributed by atoms with van der Waals surface area (Å²) >= 11 is 1.62. The van der Waals surface area contributed by atoms with Gasteiger partial charge in [0.1, 0.15) is 0 Å². The van der Waals surface area contributed by atoms with Crippen molar-refractivity contribution in [2.45, 2.75) is 25.9 Å². The van der Waals surface area contributed by atoms with Crippen molar-refractivity contribution in [2.24, 2.45) is 18.0 Å². The molecule has 0 atom stereocenters. The third-order valence-corrected chi connectivity index (χ3v) is 5.22. The number of rotatable bonds is 3. The second-order valence-electron chi connectivity index (χ2n) is 5.11. The van der Waals surface area contributed by atoms with Gasteiger partial charge in [0, 0.05) is 32.1 Å². The number of nitrogens with zero attached hydrogens (tertiary/aromatic N) is 3. The van der Waals surface area contributed by atoms with Crippen LogP contribution >= 0.6 is 11.3 Å². The number of amides is 1. The Morgan fingerprint density at radius 3 is 2.60 bits per heavy atom. The molecule has 2 N–H and O–H groups in total. The van der Waals surface area contributed by atoms with Crippen LogP contribution in [0.2, 0.25) is 0 Å². The van der Waals surface area contributed by atoms with Crippen molar-refractivity contribution in [1.82, 2.24) is 9.47 Å². The molecule has 1 aromatic heterocycles. The van der Waals surface area contributed by atoms with Gasteiger partial charge >= 0.3 is 6.09 Å². The Kier molecular flexibility index (Phi) is 4.82. The van der Waals surface area contributed by atoms with Crippen LogP contribution in [-0.4, -0.2) is 45.9 Å². The van der Waals surface area contributed by atoms with E-state index in [2.05, 4.69) is 4.99 Å². The minimum atomic E-state index is -0.825. The van der Waals surface area contributed by atoms with Gasteiger partial charge in [-0.05, 0) is 25.2 Å². The van der Waals surface area contributed by atoms with Crippen LogP contribution < -0.4 is 4.80 Å². The zero-order chi connectivity index (χ0) is 14.7. The second-order valence-corrected chi connectivity index (χ2v) is 6.17. The van der Waals surface area contributed by atoms with Gasteiger partial charge in [-0.15, -0.1) is 11.3 Å². The van der Waals surface area contributed by atoms with Crippen molar-refractivity contribution in [2.75, 3.05) is 20.1 Å². The van der Waals surface area contributed by atoms with Gasteiger partial charge in [-0.25, -0.2) is 4.79 Å². The van der Waals surface area contributed by atoms with E-state index in [9.17, 15) is 9.90 Å². The van der Waals surface area contributed by atoms with Gasteiger partial charge in [-0.1, -0.05) is 0 Å². The Bertz CT molecular complexity index is 542. The number of aliphatic hydroxyl groups excluding tert-OH is 1. The maximum Gasteiger partial charge on any atom is 0.407 e. The predicted octanol–water partition coefficient (Wildman–Crippen LogP) is 1.04. The zero-order valence-electron chi connectivity index (χ0n) is 11.9. The highest BCUT2D eigenvalue weighted by Gasteiger charge is 2.24. The summed E-state index contributed by atoms with van der Waals surface area (Å²) in [5.74, 6) is 0.485. The van der Waals surface area contributed by atoms with Crippen molar-refractivity contribution in [3.63, 3.8) is 0 Å². The van der Waals surface area contributed by atoms with Gasteiger partial charge in [-0.2, -0.15) is 0 Å². The molecular formula is C13H21N3O3S. The van der Waals surface area contributed by atoms with E-state index in [0.717, 1.165) is 29.8 Å². The zero-order valence-corrected chi connectivity index (χ0v) is 12.7. The fourth-order valence-electron chi connectivity index (χ4n) is 2.68. The van der Waals surface area contributed by atoms with Crippen LogP contribution in [0.15, 0.2) is 4.99 Å². The summed E-state index contributed by atoms with van der Waals surface area (Å²) in [4.78, 5) is 18.7. The third kappa shape index (κ3) is 3.04. The lowest BCUT2D eigenvalue weighted by molar-refractivity contribution is 0.124. The van der Waals surface area contributed by atoms with Gasteiger partial charge in [0.15, 0.2) is 4.80 Å². The fraction of sp³-hybridized carbons (Fsp3) is 0.692. The highest BCUT2D eigenvalue weighted by molar-refractivity contribution is 7.09. The Balaban J connectivity index is 2.06. The molecule has 1 fully saturated rings. The lowest BCUT2D eigenvalue weighted by Crippen LogP contribution is -2.37. The molecule has 2 heterocycles. The maximum atomic E-state index is 10.9. The summed E-state index contributed by atoms with van der Waals surface area (Å²) in [6.07, 6.45) is 1.85. The largest absolute Gasteiger partial charge is 0.465 e. The van der Waals surface area contributed by atoms with E-state index < -0.39 is 6.09 Å². The smallest absolute Gasteiger partial charge is 0.407 e. The summed E-state index contributed by atoms with van der Waals surface area (Å²) in [5.41, 5.74) is 0.927. The molecule has 1 aliphatic rings. The average Bonchev–Trinajstić information content (AvgIpc) is 2.74. The van der Waals surface area contributed by atoms with Crippen LogP contribution in [0.3, 0.4) is 0 Å². The summed E-state index contributed by atoms with van der Waals surface area (Å²) in [5, 5.41) is 18.5. The molecule has 1 aromatic rings. The first kappa shape index (κ1) is 15.1. The quantitative estimate of drug-likeness (QED) is 0.875. The summed E-state index contributed by atoms with van der Waals surface area (Å²) in [6.45, 7) is 1.24. The van der Waals surface area contributed by atoms with Crippen molar-refractivity contribution < 1.29 is 15.0 Å². The van der Waals surface area contributed by atoms with E-state index in [1.54, 1.807) is 18.4 Å². The van der Waals surface area contributed by atoms with Crippen molar-refractivity contribution >= 4 is 17.4 Å². The van der Waals surface area contributed by atoms with Gasteiger partial charge in [0.05, 0.1) is 12.3 Å². The number of likely N-dealkylation sites (tertiary alicyclic amines) is 1. The normalized spacial score (nSPS) is 17.8. The standard InChI is InChI=1S/C13H21N3O3S/c1-14-12-15(2)10(8-17)11(20-12)7-9-3-5-16(6-4-9)13(18)19/h9,17H,3-8H2,1-2H3,(H,18,19)/b14-12+. The molecule has 0 saturated carbocycles. The number of aliphatic hydroxyl groups is 1. The van der Waals surface area contributed by atoms with Crippen molar-refractivity contribution in [3.8, 4) is 0 Å². The molecule has 2 rings (SSSR count). The molecule has 0 aliphatic carbocycles. The molecule has 0 radical (unpaired) electrons. The van der Waals surface area contributed by atoms with Crippen LogP contribution in [-0.2, 0) is 20.1 Å². The molecule has 1 amide bonds. The second kappa shape index (κ2) is 6.41. The van der Waals surface area contributed by atoms with Crippen molar-refractivity contribution in [3.05, 3.63) is 15.4 Å². The molecule has 7 heteroatoms. The summed E-state index contributed by atoms with van der Waals surface area (Å²) < 4.78 is 1.94. The van der Waals surface area contributed by atoms with Crippen LogP contribution in [0.1, 0.15) is 23.4 Å². The van der Waals surface area contributed by atoms with E-state index in [1.807, 2.05) is 11.6 Å². The number of carboxylic acid groups (broad SMARTS) is 1. The molecule has 0 aromatic carbocycles. The molecule has 0 bridgehead atoms. The Labute approximate surface area is 122 Å². The average molecular weight is 299 g/mol. The Morgan fingerprint density at radius 2 is 2.10 bits per heavy atom. The van der Waals surface area contributed by atoms with Gasteiger partial charge in [0.25, 0.3) is 0 Å². The predicted molar refractivity (Wildman–Crippen MR) is 76.7 cm³/mol. The van der Waals surface area contributed by atoms with E-state index in [4.69, 9.17) is 5.11 Å². The molecule has 6 nitrogen and oxygen atoms in total. The topological polar surface area (TPSA) is 78.1 Å². The number of piperidine rings is 1. The van der Waals surface area contributed by atoms with E-state index in [0.29, 0.717) is 19.0 Å². The molecule has 0 unspecified atom stereocenters. The van der Waals surface area contributed by atoms with Gasteiger partial charge in [-0.3, -0.25) is 4.99 Å². The Hall–Kier alpha value is -1.34. The SMILES string of the molecule is C/N=c1/sc(CC2CCN(C(=O)O)CC2)c(CO)n1C. The number of hydrogen-bond donors (Lipinski definition) is 2. The number of carbonyl (C=O) groups is 1. The van der Waals surface area contributed by atoms with E-state index >= 15 is 0 Å². The first-order valence-electron chi connectivity index (χ1n) is 6.76. The summed E-state index contributed by atoms with van der Waals surface area (Å²) in [6, 6.07) is 0. The van der Waals surface area contributed by atoms with Crippen LogP contribution in [0, 0.1) is 5.92 Å². The van der Waals surface area contributed by atoms with Crippen LogP contribution in [0.4, 0.5) is 4.79 Å². The molecule has 20 heavy (non-hydrogen) atoms. The Morgan fingerprint density at radius 1 is 1.45 bits per heavy atom. The number of aromatic nitrogens is 1. The fourth-order valence-corrected chi connectivity index (χ4v) is 3.88. The van der Waals surface area contributed by atoms with Crippen LogP contribution in [0.25, 0.3) is 0 Å². The highest BCUT2D eigenvalue weighted by atomic mass is 32.1. The molecule has 1 saturated heterocycles. The minimum absolute atomic E-state index is 0.0197. The first-order valence-corrected chi connectivity index (χ1v) is 7.57. The number of hydrogen-bond acceptors (Lipinski definition) is 4. The monoisotopic (exact) mass is 299 g/mol. The van der Waals surface area contributed by atoms with E-state index in [-0.39, 0.29) is 6.61 Å². The molecule has 112 valence electrons. The molecule has 0 spiro atoms. The molecular weight excluding hydrogens is 278 g/mol. The van der Waals surface area contributed by atoms with Crippen LogP contribution in [0.5, 0.6) is 0 Å². The van der Waals surface area contributed by atoms with E-state index in [1.165, 1.54) is 9.78 Å². The lowest BCUT2D eigenvalue weighted by Gasteiger charge is -2.29. The lowest BCUT2D eigenvalue weighted by atomic mass is 9.92.